The molecule has 0 aliphatic rings. The third-order valence-electron chi connectivity index (χ3n) is 3.37. The topological polar surface area (TPSA) is 35.5 Å². The molecule has 0 atom stereocenters. The maximum atomic E-state index is 10.9. The Morgan fingerprint density at radius 3 is 2.10 bits per heavy atom. The normalized spacial score (nSPS) is 11.5. The summed E-state index contributed by atoms with van der Waals surface area (Å²) < 4.78 is 11.1. The number of rotatable bonds is 4. The second kappa shape index (κ2) is 5.78. The predicted molar refractivity (Wildman–Crippen MR) is 81.5 cm³/mol. The molecule has 0 N–H and O–H groups in total. The summed E-state index contributed by atoms with van der Waals surface area (Å²) in [6.45, 7) is 3.74. The molecule has 2 rings (SSSR count). The van der Waals surface area contributed by atoms with Crippen LogP contribution in [0.15, 0.2) is 29.8 Å². The molecule has 0 aliphatic heterocycles. The van der Waals surface area contributed by atoms with Crippen molar-refractivity contribution in [2.24, 2.45) is 0 Å². The van der Waals surface area contributed by atoms with Gasteiger partial charge in [0.1, 0.15) is 17.8 Å². The molecule has 2 aromatic rings. The number of hydrogen-bond acceptors (Lipinski definition) is 3. The zero-order chi connectivity index (χ0) is 14.7. The molecule has 0 amide bonds. The van der Waals surface area contributed by atoms with Gasteiger partial charge in [0.2, 0.25) is 0 Å². The fourth-order valence-electron chi connectivity index (χ4n) is 2.44. The number of fused-ring (bicyclic) bond motifs is 1. The van der Waals surface area contributed by atoms with Crippen LogP contribution in [-0.4, -0.2) is 20.5 Å². The van der Waals surface area contributed by atoms with E-state index in [1.165, 1.54) is 0 Å². The van der Waals surface area contributed by atoms with E-state index in [2.05, 4.69) is 0 Å². The Bertz CT molecular complexity index is 684. The van der Waals surface area contributed by atoms with Gasteiger partial charge in [-0.3, -0.25) is 4.79 Å². The molecule has 2 aromatic carbocycles. The summed E-state index contributed by atoms with van der Waals surface area (Å²) in [5, 5.41) is 1.98. The van der Waals surface area contributed by atoms with Crippen molar-refractivity contribution in [3.8, 4) is 11.5 Å². The fourth-order valence-corrected chi connectivity index (χ4v) is 2.44. The van der Waals surface area contributed by atoms with E-state index in [9.17, 15) is 4.79 Å². The van der Waals surface area contributed by atoms with Gasteiger partial charge in [0.05, 0.1) is 14.2 Å². The van der Waals surface area contributed by atoms with Crippen LogP contribution in [0.5, 0.6) is 11.5 Å². The summed E-state index contributed by atoms with van der Waals surface area (Å²) in [5.41, 5.74) is 2.49. The number of allylic oxidation sites excluding steroid dienone is 1. The van der Waals surface area contributed by atoms with Gasteiger partial charge in [-0.15, -0.1) is 0 Å². The second-order valence-corrected chi connectivity index (χ2v) is 4.66. The highest BCUT2D eigenvalue weighted by atomic mass is 16.5. The van der Waals surface area contributed by atoms with Crippen molar-refractivity contribution in [3.05, 3.63) is 41.0 Å². The van der Waals surface area contributed by atoms with Crippen LogP contribution in [0.3, 0.4) is 0 Å². The number of hydrogen-bond donors (Lipinski definition) is 0. The van der Waals surface area contributed by atoms with Crippen molar-refractivity contribution >= 4 is 23.1 Å². The van der Waals surface area contributed by atoms with Crippen LogP contribution in [0.25, 0.3) is 16.8 Å². The molecule has 0 saturated heterocycles. The van der Waals surface area contributed by atoms with Crippen molar-refractivity contribution in [1.29, 1.82) is 0 Å². The minimum atomic E-state index is 0.642. The van der Waals surface area contributed by atoms with Gasteiger partial charge in [-0.2, -0.15) is 0 Å². The number of carbonyl (C=O) groups excluding carboxylic acids is 1. The van der Waals surface area contributed by atoms with E-state index >= 15 is 0 Å². The van der Waals surface area contributed by atoms with Crippen LogP contribution in [0.4, 0.5) is 0 Å². The first kappa shape index (κ1) is 14.1. The number of methoxy groups -OCH3 is 2. The third kappa shape index (κ3) is 2.27. The van der Waals surface area contributed by atoms with Crippen LogP contribution in [0, 0.1) is 6.92 Å². The monoisotopic (exact) mass is 270 g/mol. The van der Waals surface area contributed by atoms with Gasteiger partial charge in [0.25, 0.3) is 0 Å². The smallest absolute Gasteiger partial charge is 0.145 e. The van der Waals surface area contributed by atoms with Crippen LogP contribution in [0.1, 0.15) is 18.1 Å². The Labute approximate surface area is 118 Å². The SMILES string of the molecule is COc1c(C)c(/C=C(\C)C=O)c(OC)c2ccccc12. The average Bonchev–Trinajstić information content (AvgIpc) is 2.48. The quantitative estimate of drug-likeness (QED) is 0.626. The first-order chi connectivity index (χ1) is 9.63. The zero-order valence-corrected chi connectivity index (χ0v) is 12.2. The minimum Gasteiger partial charge on any atom is -0.496 e. The molecular weight excluding hydrogens is 252 g/mol. The first-order valence-electron chi connectivity index (χ1n) is 6.40. The Morgan fingerprint density at radius 2 is 1.60 bits per heavy atom. The molecule has 0 unspecified atom stereocenters. The molecule has 0 spiro atoms. The second-order valence-electron chi connectivity index (χ2n) is 4.66. The lowest BCUT2D eigenvalue weighted by Gasteiger charge is -2.17. The average molecular weight is 270 g/mol. The summed E-state index contributed by atoms with van der Waals surface area (Å²) in [6.07, 6.45) is 2.66. The molecule has 0 fully saturated rings. The highest BCUT2D eigenvalue weighted by Gasteiger charge is 2.16. The minimum absolute atomic E-state index is 0.642. The van der Waals surface area contributed by atoms with Gasteiger partial charge in [-0.25, -0.2) is 0 Å². The van der Waals surface area contributed by atoms with Crippen molar-refractivity contribution in [2.75, 3.05) is 14.2 Å². The number of aldehydes is 1. The van der Waals surface area contributed by atoms with Gasteiger partial charge >= 0.3 is 0 Å². The molecule has 3 nitrogen and oxygen atoms in total. The molecule has 20 heavy (non-hydrogen) atoms. The Balaban J connectivity index is 2.92. The molecule has 0 saturated carbocycles. The molecule has 0 aromatic heterocycles. The van der Waals surface area contributed by atoms with Crippen LogP contribution in [-0.2, 0) is 4.79 Å². The van der Waals surface area contributed by atoms with Crippen LogP contribution < -0.4 is 9.47 Å². The van der Waals surface area contributed by atoms with E-state index in [1.54, 1.807) is 21.1 Å². The third-order valence-corrected chi connectivity index (χ3v) is 3.37. The lowest BCUT2D eigenvalue weighted by molar-refractivity contribution is -0.104. The van der Waals surface area contributed by atoms with E-state index in [1.807, 2.05) is 37.3 Å². The van der Waals surface area contributed by atoms with E-state index in [4.69, 9.17) is 9.47 Å². The van der Waals surface area contributed by atoms with Crippen LogP contribution in [0.2, 0.25) is 0 Å². The number of ether oxygens (including phenoxy) is 2. The molecule has 104 valence electrons. The van der Waals surface area contributed by atoms with Gasteiger partial charge in [0.15, 0.2) is 0 Å². The predicted octanol–water partition coefficient (Wildman–Crippen LogP) is 3.77. The first-order valence-corrected chi connectivity index (χ1v) is 6.40. The van der Waals surface area contributed by atoms with Gasteiger partial charge in [-0.05, 0) is 25.5 Å². The lowest BCUT2D eigenvalue weighted by atomic mass is 9.97. The van der Waals surface area contributed by atoms with E-state index in [0.717, 1.165) is 39.7 Å². The van der Waals surface area contributed by atoms with Gasteiger partial charge in [0, 0.05) is 21.9 Å². The van der Waals surface area contributed by atoms with Crippen molar-refractivity contribution in [2.45, 2.75) is 13.8 Å². The summed E-state index contributed by atoms with van der Waals surface area (Å²) in [5.74, 6) is 1.58. The van der Waals surface area contributed by atoms with Gasteiger partial charge in [-0.1, -0.05) is 24.3 Å². The summed E-state index contributed by atoms with van der Waals surface area (Å²) in [6, 6.07) is 7.92. The van der Waals surface area contributed by atoms with E-state index < -0.39 is 0 Å². The van der Waals surface area contributed by atoms with Crippen LogP contribution >= 0.6 is 0 Å². The standard InChI is InChI=1S/C17H18O3/c1-11(10-18)9-15-12(2)16(19-3)13-7-5-6-8-14(13)17(15)20-4/h5-10H,1-4H3/b11-9+. The maximum absolute atomic E-state index is 10.9. The lowest BCUT2D eigenvalue weighted by Crippen LogP contribution is -1.98. The molecule has 0 aliphatic carbocycles. The van der Waals surface area contributed by atoms with Crippen molar-refractivity contribution < 1.29 is 14.3 Å². The molecule has 3 heteroatoms. The Hall–Kier alpha value is -2.29. The maximum Gasteiger partial charge on any atom is 0.145 e. The zero-order valence-electron chi connectivity index (χ0n) is 12.2. The van der Waals surface area contributed by atoms with Crippen molar-refractivity contribution in [3.63, 3.8) is 0 Å². The van der Waals surface area contributed by atoms with Gasteiger partial charge < -0.3 is 9.47 Å². The highest BCUT2D eigenvalue weighted by Crippen LogP contribution is 2.41. The number of benzene rings is 2. The Kier molecular flexibility index (Phi) is 4.08. The number of carbonyl (C=O) groups is 1. The van der Waals surface area contributed by atoms with E-state index in [-0.39, 0.29) is 0 Å². The highest BCUT2D eigenvalue weighted by molar-refractivity contribution is 5.99. The Morgan fingerprint density at radius 1 is 1.05 bits per heavy atom. The molecule has 0 radical (unpaired) electrons. The summed E-state index contributed by atoms with van der Waals surface area (Å²) in [4.78, 5) is 10.9. The largest absolute Gasteiger partial charge is 0.496 e. The molecule has 0 bridgehead atoms. The van der Waals surface area contributed by atoms with Crippen molar-refractivity contribution in [1.82, 2.24) is 0 Å². The summed E-state index contributed by atoms with van der Waals surface area (Å²) in [7, 11) is 3.29. The molecule has 0 heterocycles. The van der Waals surface area contributed by atoms with E-state index in [0.29, 0.717) is 5.57 Å². The molecular formula is C17H18O3. The fraction of sp³-hybridized carbons (Fsp3) is 0.235. The summed E-state index contributed by atoms with van der Waals surface area (Å²) >= 11 is 0.